The fraction of sp³-hybridized carbons (Fsp3) is 0.0323. The number of aromatic nitrogens is 1. The molecule has 0 fully saturated rings. The van der Waals surface area contributed by atoms with Crippen molar-refractivity contribution in [2.75, 3.05) is 4.90 Å². The molecule has 0 radical (unpaired) electrons. The van der Waals surface area contributed by atoms with Crippen molar-refractivity contribution in [3.63, 3.8) is 0 Å². The Balaban J connectivity index is 1.02. The number of allylic oxidation sites excluding steroid dienone is 4. The van der Waals surface area contributed by atoms with E-state index in [2.05, 4.69) is 258 Å². The molecule has 11 aromatic rings. The van der Waals surface area contributed by atoms with Crippen LogP contribution in [0.1, 0.15) is 17.9 Å². The highest BCUT2D eigenvalue weighted by Crippen LogP contribution is 2.45. The van der Waals surface area contributed by atoms with E-state index in [9.17, 15) is 0 Å². The van der Waals surface area contributed by atoms with Crippen molar-refractivity contribution in [1.29, 1.82) is 0 Å². The highest BCUT2D eigenvalue weighted by molar-refractivity contribution is 6.22. The summed E-state index contributed by atoms with van der Waals surface area (Å²) < 4.78 is 2.45. The molecule has 1 aliphatic rings. The molecule has 0 amide bonds. The lowest BCUT2D eigenvalue weighted by Crippen LogP contribution is -2.10. The van der Waals surface area contributed by atoms with E-state index in [-0.39, 0.29) is 0 Å². The summed E-state index contributed by atoms with van der Waals surface area (Å²) in [4.78, 5) is 2.43. The Kier molecular flexibility index (Phi) is 9.34. The van der Waals surface area contributed by atoms with E-state index in [4.69, 9.17) is 0 Å². The fourth-order valence-corrected chi connectivity index (χ4v) is 10.0. The molecule has 0 saturated heterocycles. The van der Waals surface area contributed by atoms with Crippen molar-refractivity contribution in [3.8, 4) is 39.1 Å². The van der Waals surface area contributed by atoms with Gasteiger partial charge in [0.05, 0.1) is 16.7 Å². The Morgan fingerprint density at radius 2 is 1.08 bits per heavy atom. The van der Waals surface area contributed by atoms with Gasteiger partial charge in [0, 0.05) is 44.5 Å². The minimum absolute atomic E-state index is 0.348. The Morgan fingerprint density at radius 1 is 0.422 bits per heavy atom. The van der Waals surface area contributed by atoms with Crippen LogP contribution in [0.3, 0.4) is 0 Å². The molecule has 2 heteroatoms. The van der Waals surface area contributed by atoms with Gasteiger partial charge in [0.15, 0.2) is 0 Å². The lowest BCUT2D eigenvalue weighted by Gasteiger charge is -2.27. The summed E-state index contributed by atoms with van der Waals surface area (Å²) in [6, 6.07) is 82.4. The maximum absolute atomic E-state index is 2.45. The molecule has 1 unspecified atom stereocenters. The van der Waals surface area contributed by atoms with Crippen molar-refractivity contribution in [1.82, 2.24) is 4.57 Å². The second-order valence-electron chi connectivity index (χ2n) is 16.8. The zero-order valence-corrected chi connectivity index (χ0v) is 35.4. The standard InChI is InChI=1S/C62H44N2/c1-4-17-43(18-5-1)49-39-50(44-19-6-2-7-20-44)41-51(40-49)45-33-36-53(37-34-45)63(59-31-15-23-46-21-10-12-28-55(46)59)54-27-14-24-48(42-54)56-30-16-32-60-61(56)58-38-35-47-22-11-13-29-57(47)62(58)64(60)52-25-8-3-9-26-52/h1-19,21-42,44H,20H2. The Morgan fingerprint density at radius 3 is 1.86 bits per heavy atom. The number of hydrogen-bond acceptors (Lipinski definition) is 1. The summed E-state index contributed by atoms with van der Waals surface area (Å²) in [6.45, 7) is 0. The number of fused-ring (bicyclic) bond motifs is 6. The van der Waals surface area contributed by atoms with Crippen LogP contribution in [-0.2, 0) is 0 Å². The van der Waals surface area contributed by atoms with Gasteiger partial charge in [-0.15, -0.1) is 0 Å². The maximum atomic E-state index is 2.45. The molecule has 0 N–H and O–H groups in total. The summed E-state index contributed by atoms with van der Waals surface area (Å²) in [6.07, 6.45) is 9.95. The lowest BCUT2D eigenvalue weighted by atomic mass is 9.87. The van der Waals surface area contributed by atoms with Crippen LogP contribution in [0.5, 0.6) is 0 Å². The minimum atomic E-state index is 0.348. The van der Waals surface area contributed by atoms with E-state index < -0.39 is 0 Å². The van der Waals surface area contributed by atoms with Gasteiger partial charge in [-0.2, -0.15) is 0 Å². The van der Waals surface area contributed by atoms with Gasteiger partial charge in [0.1, 0.15) is 0 Å². The van der Waals surface area contributed by atoms with Gasteiger partial charge in [0.25, 0.3) is 0 Å². The third-order valence-electron chi connectivity index (χ3n) is 13.0. The molecule has 2 nitrogen and oxygen atoms in total. The molecule has 0 spiro atoms. The fourth-order valence-electron chi connectivity index (χ4n) is 10.0. The Hall–Kier alpha value is -8.20. The van der Waals surface area contributed by atoms with Crippen molar-refractivity contribution >= 4 is 60.4 Å². The zero-order chi connectivity index (χ0) is 42.4. The van der Waals surface area contributed by atoms with Gasteiger partial charge in [-0.3, -0.25) is 0 Å². The third-order valence-corrected chi connectivity index (χ3v) is 13.0. The zero-order valence-electron chi connectivity index (χ0n) is 35.4. The van der Waals surface area contributed by atoms with E-state index >= 15 is 0 Å². The van der Waals surface area contributed by atoms with Crippen LogP contribution in [-0.4, -0.2) is 4.57 Å². The average Bonchev–Trinajstić information content (AvgIpc) is 3.73. The first-order chi connectivity index (χ1) is 31.7. The molecule has 64 heavy (non-hydrogen) atoms. The van der Waals surface area contributed by atoms with Gasteiger partial charge in [0.2, 0.25) is 0 Å². The highest BCUT2D eigenvalue weighted by Gasteiger charge is 2.21. The molecule has 1 atom stereocenters. The summed E-state index contributed by atoms with van der Waals surface area (Å²) in [5.74, 6) is 0.348. The lowest BCUT2D eigenvalue weighted by molar-refractivity contribution is 0.854. The van der Waals surface area contributed by atoms with Crippen LogP contribution in [0.2, 0.25) is 0 Å². The molecule has 1 heterocycles. The number of hydrogen-bond donors (Lipinski definition) is 0. The molecule has 0 bridgehead atoms. The number of anilines is 3. The van der Waals surface area contributed by atoms with Gasteiger partial charge in [-0.25, -0.2) is 0 Å². The van der Waals surface area contributed by atoms with E-state index in [0.29, 0.717) is 5.92 Å². The van der Waals surface area contributed by atoms with E-state index in [1.807, 2.05) is 0 Å². The van der Waals surface area contributed by atoms with Crippen LogP contribution in [0, 0.1) is 0 Å². The van der Waals surface area contributed by atoms with Crippen molar-refractivity contribution in [2.45, 2.75) is 12.3 Å². The molecule has 1 aromatic heterocycles. The summed E-state index contributed by atoms with van der Waals surface area (Å²) in [5.41, 5.74) is 15.5. The van der Waals surface area contributed by atoms with Crippen LogP contribution >= 0.6 is 0 Å². The van der Waals surface area contributed by atoms with Crippen molar-refractivity contribution < 1.29 is 0 Å². The van der Waals surface area contributed by atoms with Crippen molar-refractivity contribution in [2.24, 2.45) is 0 Å². The summed E-state index contributed by atoms with van der Waals surface area (Å²) in [7, 11) is 0. The monoisotopic (exact) mass is 816 g/mol. The first kappa shape index (κ1) is 37.6. The smallest absolute Gasteiger partial charge is 0.0619 e. The largest absolute Gasteiger partial charge is 0.310 e. The molecular formula is C62H44N2. The SMILES string of the molecule is C1=CCC(c2cc(-c3ccccc3)cc(-c3ccc(N(c4cccc(-c5cccc6c5c5ccc7ccccc7c5n6-c5ccccc5)c4)c4cccc5ccccc45)cc3)c2)C=C1. The van der Waals surface area contributed by atoms with Crippen LogP contribution < -0.4 is 4.90 Å². The first-order valence-corrected chi connectivity index (χ1v) is 22.3. The minimum Gasteiger partial charge on any atom is -0.310 e. The second-order valence-corrected chi connectivity index (χ2v) is 16.8. The van der Waals surface area contributed by atoms with Crippen LogP contribution in [0.4, 0.5) is 17.1 Å². The number of para-hydroxylation sites is 1. The van der Waals surface area contributed by atoms with Crippen LogP contribution in [0.15, 0.2) is 249 Å². The average molecular weight is 817 g/mol. The van der Waals surface area contributed by atoms with Gasteiger partial charge in [-0.05, 0) is 111 Å². The predicted octanol–water partition coefficient (Wildman–Crippen LogP) is 17.2. The molecule has 12 rings (SSSR count). The molecule has 0 saturated carbocycles. The predicted molar refractivity (Wildman–Crippen MR) is 272 cm³/mol. The Labute approximate surface area is 373 Å². The number of nitrogens with zero attached hydrogens (tertiary/aromatic N) is 2. The number of rotatable bonds is 8. The molecule has 302 valence electrons. The summed E-state index contributed by atoms with van der Waals surface area (Å²) in [5, 5.41) is 7.39. The second kappa shape index (κ2) is 15.9. The topological polar surface area (TPSA) is 8.17 Å². The molecule has 10 aromatic carbocycles. The van der Waals surface area contributed by atoms with Crippen molar-refractivity contribution in [3.05, 3.63) is 254 Å². The first-order valence-electron chi connectivity index (χ1n) is 22.3. The quantitative estimate of drug-likeness (QED) is 0.148. The normalized spacial score (nSPS) is 13.6. The molecule has 1 aliphatic carbocycles. The van der Waals surface area contributed by atoms with E-state index in [0.717, 1.165) is 29.2 Å². The van der Waals surface area contributed by atoms with Crippen LogP contribution in [0.25, 0.3) is 82.4 Å². The van der Waals surface area contributed by atoms with E-state index in [1.54, 1.807) is 0 Å². The van der Waals surface area contributed by atoms with Gasteiger partial charge < -0.3 is 9.47 Å². The van der Waals surface area contributed by atoms with E-state index in [1.165, 1.54) is 82.3 Å². The highest BCUT2D eigenvalue weighted by atomic mass is 15.1. The Bertz CT molecular complexity index is 3570. The molecular weight excluding hydrogens is 773 g/mol. The molecule has 0 aliphatic heterocycles. The maximum Gasteiger partial charge on any atom is 0.0619 e. The van der Waals surface area contributed by atoms with Gasteiger partial charge >= 0.3 is 0 Å². The van der Waals surface area contributed by atoms with Gasteiger partial charge in [-0.1, -0.05) is 194 Å². The third kappa shape index (κ3) is 6.60. The summed E-state index contributed by atoms with van der Waals surface area (Å²) >= 11 is 0. The number of benzene rings is 10.